The molecule has 1 atom stereocenters. The van der Waals surface area contributed by atoms with Gasteiger partial charge in [0.15, 0.2) is 0 Å². The van der Waals surface area contributed by atoms with E-state index in [2.05, 4.69) is 0 Å². The van der Waals surface area contributed by atoms with E-state index in [0.717, 1.165) is 0 Å². The Bertz CT molecular complexity index is 524. The lowest BCUT2D eigenvalue weighted by Crippen LogP contribution is -2.49. The van der Waals surface area contributed by atoms with Crippen LogP contribution in [0.4, 0.5) is 0 Å². The monoisotopic (exact) mass is 300 g/mol. The van der Waals surface area contributed by atoms with Crippen LogP contribution in [0.1, 0.15) is 10.4 Å². The van der Waals surface area contributed by atoms with E-state index in [9.17, 15) is 9.90 Å². The molecule has 0 saturated carbocycles. The fourth-order valence-corrected chi connectivity index (χ4v) is 2.15. The lowest BCUT2D eigenvalue weighted by molar-refractivity contribution is 0.00878. The summed E-state index contributed by atoms with van der Waals surface area (Å²) in [7, 11) is 0. The zero-order valence-corrected chi connectivity index (χ0v) is 11.6. The largest absolute Gasteiger partial charge is 0.506 e. The number of halogens is 1. The zero-order chi connectivity index (χ0) is 14.0. The average molecular weight is 301 g/mol. The summed E-state index contributed by atoms with van der Waals surface area (Å²) in [5.74, 6) is -0.243. The molecule has 1 amide bonds. The number of morpholine rings is 1. The molecular weight excluding hydrogens is 288 g/mol. The number of amides is 1. The first kappa shape index (κ1) is 14.0. The number of nitrogens with zero attached hydrogens (tertiary/aromatic N) is 1. The van der Waals surface area contributed by atoms with Gasteiger partial charge in [0.25, 0.3) is 5.91 Å². The molecule has 1 heterocycles. The van der Waals surface area contributed by atoms with Crippen LogP contribution in [0.15, 0.2) is 18.2 Å². The van der Waals surface area contributed by atoms with Gasteiger partial charge in [0.1, 0.15) is 16.8 Å². The van der Waals surface area contributed by atoms with Crippen molar-refractivity contribution < 1.29 is 14.6 Å². The molecule has 102 valence electrons. The van der Waals surface area contributed by atoms with Gasteiger partial charge in [-0.15, -0.1) is 0 Å². The van der Waals surface area contributed by atoms with Crippen LogP contribution in [0.2, 0.25) is 5.02 Å². The molecule has 0 radical (unpaired) electrons. The third-order valence-corrected chi connectivity index (χ3v) is 3.43. The van der Waals surface area contributed by atoms with Gasteiger partial charge in [-0.1, -0.05) is 23.8 Å². The quantitative estimate of drug-likeness (QED) is 0.802. The van der Waals surface area contributed by atoms with Crippen molar-refractivity contribution >= 4 is 34.7 Å². The van der Waals surface area contributed by atoms with E-state index in [4.69, 9.17) is 34.3 Å². The van der Waals surface area contributed by atoms with Crippen LogP contribution in [0.5, 0.6) is 5.75 Å². The van der Waals surface area contributed by atoms with E-state index in [1.165, 1.54) is 18.2 Å². The summed E-state index contributed by atoms with van der Waals surface area (Å²) in [6.45, 7) is 1.18. The third kappa shape index (κ3) is 3.15. The highest BCUT2D eigenvalue weighted by Crippen LogP contribution is 2.24. The highest BCUT2D eigenvalue weighted by molar-refractivity contribution is 7.80. The fraction of sp³-hybridized carbons (Fsp3) is 0.333. The van der Waals surface area contributed by atoms with Crippen LogP contribution in [-0.2, 0) is 4.74 Å². The Morgan fingerprint density at radius 2 is 2.32 bits per heavy atom. The van der Waals surface area contributed by atoms with Crippen LogP contribution in [0, 0.1) is 0 Å². The van der Waals surface area contributed by atoms with E-state index < -0.39 is 6.10 Å². The number of nitrogens with two attached hydrogens (primary N) is 1. The van der Waals surface area contributed by atoms with Gasteiger partial charge in [-0.05, 0) is 18.2 Å². The molecule has 0 bridgehead atoms. The van der Waals surface area contributed by atoms with Crippen molar-refractivity contribution in [1.82, 2.24) is 4.90 Å². The molecule has 0 aliphatic carbocycles. The average Bonchev–Trinajstić information content (AvgIpc) is 2.41. The second kappa shape index (κ2) is 5.73. The Balaban J connectivity index is 2.14. The summed E-state index contributed by atoms with van der Waals surface area (Å²) < 4.78 is 5.37. The van der Waals surface area contributed by atoms with Gasteiger partial charge < -0.3 is 20.5 Å². The maximum atomic E-state index is 12.3. The Morgan fingerprint density at radius 1 is 1.58 bits per heavy atom. The summed E-state index contributed by atoms with van der Waals surface area (Å²) in [5.41, 5.74) is 5.94. The Labute approximate surface area is 120 Å². The van der Waals surface area contributed by atoms with Crippen LogP contribution in [0.25, 0.3) is 0 Å². The van der Waals surface area contributed by atoms with E-state index >= 15 is 0 Å². The first-order chi connectivity index (χ1) is 8.99. The summed E-state index contributed by atoms with van der Waals surface area (Å²) in [4.78, 5) is 14.1. The van der Waals surface area contributed by atoms with E-state index in [1.54, 1.807) is 4.90 Å². The smallest absolute Gasteiger partial charge is 0.254 e. The number of rotatable bonds is 2. The Morgan fingerprint density at radius 3 is 2.95 bits per heavy atom. The number of aromatic hydroxyl groups is 1. The third-order valence-electron chi connectivity index (χ3n) is 2.87. The molecular formula is C12H13ClN2O3S. The molecule has 1 fully saturated rings. The molecule has 1 aromatic rings. The standard InChI is InChI=1S/C12H13ClN2O3S/c13-8-5-7(1-2-9(8)16)12(17)15-3-4-18-10(6-15)11(14)19/h1-2,5,10,16H,3-4,6H2,(H2,14,19). The van der Waals surface area contributed by atoms with Crippen molar-refractivity contribution in [3.63, 3.8) is 0 Å². The molecule has 3 N–H and O–H groups in total. The van der Waals surface area contributed by atoms with Gasteiger partial charge >= 0.3 is 0 Å². The number of thiocarbonyl (C=S) groups is 1. The summed E-state index contributed by atoms with van der Waals surface area (Å²) >= 11 is 10.7. The van der Waals surface area contributed by atoms with Crippen LogP contribution >= 0.6 is 23.8 Å². The molecule has 1 unspecified atom stereocenters. The van der Waals surface area contributed by atoms with Crippen LogP contribution < -0.4 is 5.73 Å². The minimum atomic E-state index is -0.416. The Kier molecular flexibility index (Phi) is 4.24. The number of carbonyl (C=O) groups is 1. The normalized spacial score (nSPS) is 19.2. The van der Waals surface area contributed by atoms with E-state index in [0.29, 0.717) is 25.3 Å². The van der Waals surface area contributed by atoms with Gasteiger partial charge in [0.05, 0.1) is 18.2 Å². The molecule has 0 aromatic heterocycles. The number of ether oxygens (including phenoxy) is 1. The van der Waals surface area contributed by atoms with E-state index in [1.807, 2.05) is 0 Å². The Hall–Kier alpha value is -1.37. The summed E-state index contributed by atoms with van der Waals surface area (Å²) in [6.07, 6.45) is -0.416. The number of phenols is 1. The van der Waals surface area contributed by atoms with Crippen LogP contribution in [0.3, 0.4) is 0 Å². The maximum absolute atomic E-state index is 12.3. The predicted molar refractivity (Wildman–Crippen MR) is 75.5 cm³/mol. The summed E-state index contributed by atoms with van der Waals surface area (Å²) in [5, 5.41) is 9.48. The molecule has 0 spiro atoms. The van der Waals surface area contributed by atoms with Gasteiger partial charge in [0.2, 0.25) is 0 Å². The first-order valence-corrected chi connectivity index (χ1v) is 6.46. The number of hydrogen-bond acceptors (Lipinski definition) is 4. The molecule has 1 aliphatic heterocycles. The highest BCUT2D eigenvalue weighted by atomic mass is 35.5. The zero-order valence-electron chi connectivity index (χ0n) is 10.0. The predicted octanol–water partition coefficient (Wildman–Crippen LogP) is 1.17. The van der Waals surface area contributed by atoms with Gasteiger partial charge in [-0.2, -0.15) is 0 Å². The topological polar surface area (TPSA) is 75.8 Å². The summed E-state index contributed by atoms with van der Waals surface area (Å²) in [6, 6.07) is 4.35. The molecule has 2 rings (SSSR count). The maximum Gasteiger partial charge on any atom is 0.254 e. The molecule has 5 nitrogen and oxygen atoms in total. The van der Waals surface area contributed by atoms with Crippen molar-refractivity contribution in [2.24, 2.45) is 5.73 Å². The second-order valence-corrected chi connectivity index (χ2v) is 5.06. The minimum Gasteiger partial charge on any atom is -0.506 e. The minimum absolute atomic E-state index is 0.0544. The van der Waals surface area contributed by atoms with Crippen molar-refractivity contribution in [2.75, 3.05) is 19.7 Å². The van der Waals surface area contributed by atoms with Crippen molar-refractivity contribution in [2.45, 2.75) is 6.10 Å². The fourth-order valence-electron chi connectivity index (χ4n) is 1.83. The first-order valence-electron chi connectivity index (χ1n) is 5.67. The molecule has 1 aromatic carbocycles. The second-order valence-electron chi connectivity index (χ2n) is 4.18. The highest BCUT2D eigenvalue weighted by Gasteiger charge is 2.26. The lowest BCUT2D eigenvalue weighted by atomic mass is 10.1. The van der Waals surface area contributed by atoms with Crippen molar-refractivity contribution in [3.05, 3.63) is 28.8 Å². The SMILES string of the molecule is NC(=S)C1CN(C(=O)c2ccc(O)c(Cl)c2)CCO1. The lowest BCUT2D eigenvalue weighted by Gasteiger charge is -2.32. The number of hydrogen-bond donors (Lipinski definition) is 2. The van der Waals surface area contributed by atoms with Crippen LogP contribution in [-0.4, -0.2) is 46.7 Å². The number of benzene rings is 1. The molecule has 7 heteroatoms. The van der Waals surface area contributed by atoms with Crippen molar-refractivity contribution in [1.29, 1.82) is 0 Å². The van der Waals surface area contributed by atoms with Gasteiger partial charge in [0, 0.05) is 12.1 Å². The van der Waals surface area contributed by atoms with Gasteiger partial charge in [-0.3, -0.25) is 4.79 Å². The van der Waals surface area contributed by atoms with E-state index in [-0.39, 0.29) is 21.7 Å². The number of phenolic OH excluding ortho intramolecular Hbond substituents is 1. The van der Waals surface area contributed by atoms with Gasteiger partial charge in [-0.25, -0.2) is 0 Å². The number of carbonyl (C=O) groups excluding carboxylic acids is 1. The molecule has 1 aliphatic rings. The van der Waals surface area contributed by atoms with Crippen molar-refractivity contribution in [3.8, 4) is 5.75 Å². The molecule has 19 heavy (non-hydrogen) atoms. The molecule has 1 saturated heterocycles.